The molecule has 0 amide bonds. The summed E-state index contributed by atoms with van der Waals surface area (Å²) in [5, 5.41) is 3.22. The summed E-state index contributed by atoms with van der Waals surface area (Å²) < 4.78 is 5.54. The number of pyridine rings is 1. The van der Waals surface area contributed by atoms with Gasteiger partial charge in [0.15, 0.2) is 5.65 Å². The third-order valence-corrected chi connectivity index (χ3v) is 2.72. The third-order valence-electron chi connectivity index (χ3n) is 2.72. The maximum absolute atomic E-state index is 5.54. The summed E-state index contributed by atoms with van der Waals surface area (Å²) in [6, 6.07) is 3.82. The Morgan fingerprint density at radius 2 is 2.00 bits per heavy atom. The molecule has 0 atom stereocenters. The molecule has 0 aliphatic carbocycles. The molecular weight excluding hydrogens is 240 g/mol. The highest BCUT2D eigenvalue weighted by Crippen LogP contribution is 2.09. The van der Waals surface area contributed by atoms with Crippen LogP contribution in [0.3, 0.4) is 0 Å². The molecule has 2 rings (SSSR count). The van der Waals surface area contributed by atoms with E-state index in [9.17, 15) is 0 Å². The van der Waals surface area contributed by atoms with E-state index in [0.717, 1.165) is 30.9 Å². The zero-order chi connectivity index (χ0) is 13.5. The molecule has 19 heavy (non-hydrogen) atoms. The van der Waals surface area contributed by atoms with E-state index >= 15 is 0 Å². The quantitative estimate of drug-likeness (QED) is 0.775. The Hall–Kier alpha value is -1.75. The van der Waals surface area contributed by atoms with Gasteiger partial charge in [0.1, 0.15) is 11.3 Å². The number of fused-ring (bicyclic) bond motifs is 1. The van der Waals surface area contributed by atoms with Crippen molar-refractivity contribution in [3.05, 3.63) is 24.5 Å². The largest absolute Gasteiger partial charge is 0.380 e. The van der Waals surface area contributed by atoms with Crippen molar-refractivity contribution < 1.29 is 4.74 Å². The van der Waals surface area contributed by atoms with Gasteiger partial charge in [0.25, 0.3) is 0 Å². The van der Waals surface area contributed by atoms with Crippen LogP contribution in [0.1, 0.15) is 20.3 Å². The molecule has 2 aromatic rings. The van der Waals surface area contributed by atoms with Gasteiger partial charge in [-0.05, 0) is 24.5 Å². The molecule has 2 heterocycles. The summed E-state index contributed by atoms with van der Waals surface area (Å²) >= 11 is 0. The summed E-state index contributed by atoms with van der Waals surface area (Å²) in [6.07, 6.45) is 4.41. The number of ether oxygens (including phenoxy) is 1. The van der Waals surface area contributed by atoms with Crippen LogP contribution in [0.4, 0.5) is 5.82 Å². The van der Waals surface area contributed by atoms with Crippen LogP contribution in [-0.2, 0) is 4.74 Å². The number of aromatic nitrogens is 3. The average Bonchev–Trinajstić information content (AvgIpc) is 2.42. The predicted octanol–water partition coefficient (Wildman–Crippen LogP) is 2.50. The smallest absolute Gasteiger partial charge is 0.180 e. The monoisotopic (exact) mass is 260 g/mol. The third kappa shape index (κ3) is 4.44. The van der Waals surface area contributed by atoms with Crippen molar-refractivity contribution in [2.24, 2.45) is 5.92 Å². The maximum Gasteiger partial charge on any atom is 0.180 e. The van der Waals surface area contributed by atoms with Crippen LogP contribution in [0.5, 0.6) is 0 Å². The molecule has 5 heteroatoms. The first-order valence-electron chi connectivity index (χ1n) is 6.65. The lowest BCUT2D eigenvalue weighted by molar-refractivity contribution is 0.132. The molecule has 0 aliphatic heterocycles. The van der Waals surface area contributed by atoms with Crippen molar-refractivity contribution in [1.29, 1.82) is 0 Å². The van der Waals surface area contributed by atoms with Gasteiger partial charge in [-0.25, -0.2) is 9.97 Å². The Bertz CT molecular complexity index is 516. The fourth-order valence-electron chi connectivity index (χ4n) is 1.63. The van der Waals surface area contributed by atoms with Crippen molar-refractivity contribution in [1.82, 2.24) is 15.0 Å². The van der Waals surface area contributed by atoms with Crippen LogP contribution in [0.25, 0.3) is 11.2 Å². The molecule has 0 bridgehead atoms. The van der Waals surface area contributed by atoms with E-state index in [2.05, 4.69) is 34.1 Å². The molecule has 0 saturated heterocycles. The highest BCUT2D eigenvalue weighted by molar-refractivity contribution is 5.71. The van der Waals surface area contributed by atoms with Gasteiger partial charge in [0.2, 0.25) is 0 Å². The fraction of sp³-hybridized carbons (Fsp3) is 0.500. The molecule has 0 saturated carbocycles. The van der Waals surface area contributed by atoms with Crippen molar-refractivity contribution in [2.45, 2.75) is 20.3 Å². The van der Waals surface area contributed by atoms with E-state index < -0.39 is 0 Å². The first-order valence-corrected chi connectivity index (χ1v) is 6.65. The van der Waals surface area contributed by atoms with Gasteiger partial charge in [-0.3, -0.25) is 4.98 Å². The number of rotatable bonds is 7. The number of nitrogens with zero attached hydrogens (tertiary/aromatic N) is 3. The van der Waals surface area contributed by atoms with Crippen LogP contribution in [0.2, 0.25) is 0 Å². The van der Waals surface area contributed by atoms with E-state index in [1.54, 1.807) is 12.4 Å². The maximum atomic E-state index is 5.54. The Kier molecular flexibility index (Phi) is 5.03. The zero-order valence-electron chi connectivity index (χ0n) is 11.5. The Morgan fingerprint density at radius 3 is 2.84 bits per heavy atom. The molecule has 1 N–H and O–H groups in total. The SMILES string of the molecule is CC(C)CCOCCNc1ccc2nccnc2n1. The second-order valence-corrected chi connectivity index (χ2v) is 4.82. The van der Waals surface area contributed by atoms with E-state index in [1.807, 2.05) is 12.1 Å². The fourth-order valence-corrected chi connectivity index (χ4v) is 1.63. The number of hydrogen-bond donors (Lipinski definition) is 1. The van der Waals surface area contributed by atoms with Crippen LogP contribution in [0, 0.1) is 5.92 Å². The van der Waals surface area contributed by atoms with Crippen LogP contribution in [-0.4, -0.2) is 34.7 Å². The Balaban J connectivity index is 1.75. The topological polar surface area (TPSA) is 59.9 Å². The zero-order valence-corrected chi connectivity index (χ0v) is 11.5. The van der Waals surface area contributed by atoms with Crippen LogP contribution in [0.15, 0.2) is 24.5 Å². The minimum Gasteiger partial charge on any atom is -0.380 e. The lowest BCUT2D eigenvalue weighted by atomic mass is 10.1. The van der Waals surface area contributed by atoms with Gasteiger partial charge in [-0.1, -0.05) is 13.8 Å². The molecule has 0 spiro atoms. The second-order valence-electron chi connectivity index (χ2n) is 4.82. The summed E-state index contributed by atoms with van der Waals surface area (Å²) in [5.41, 5.74) is 1.47. The lowest BCUT2D eigenvalue weighted by Crippen LogP contribution is -2.11. The van der Waals surface area contributed by atoms with E-state index in [-0.39, 0.29) is 0 Å². The average molecular weight is 260 g/mol. The predicted molar refractivity (Wildman–Crippen MR) is 76.1 cm³/mol. The minimum atomic E-state index is 0.660. The molecular formula is C14H20N4O. The number of nitrogens with one attached hydrogen (secondary N) is 1. The van der Waals surface area contributed by atoms with Crippen molar-refractivity contribution >= 4 is 17.0 Å². The van der Waals surface area contributed by atoms with E-state index in [0.29, 0.717) is 18.2 Å². The van der Waals surface area contributed by atoms with Gasteiger partial charge in [-0.15, -0.1) is 0 Å². The molecule has 2 aromatic heterocycles. The number of anilines is 1. The molecule has 0 fully saturated rings. The minimum absolute atomic E-state index is 0.660. The lowest BCUT2D eigenvalue weighted by Gasteiger charge is -2.08. The van der Waals surface area contributed by atoms with Gasteiger partial charge in [0, 0.05) is 25.5 Å². The summed E-state index contributed by atoms with van der Waals surface area (Å²) in [6.45, 7) is 6.64. The van der Waals surface area contributed by atoms with Gasteiger partial charge in [-0.2, -0.15) is 0 Å². The van der Waals surface area contributed by atoms with E-state index in [4.69, 9.17) is 4.74 Å². The van der Waals surface area contributed by atoms with Crippen molar-refractivity contribution in [3.63, 3.8) is 0 Å². The molecule has 0 aliphatic rings. The van der Waals surface area contributed by atoms with Crippen LogP contribution >= 0.6 is 0 Å². The Labute approximate surface area is 113 Å². The summed E-state index contributed by atoms with van der Waals surface area (Å²) in [4.78, 5) is 12.7. The van der Waals surface area contributed by atoms with Gasteiger partial charge >= 0.3 is 0 Å². The van der Waals surface area contributed by atoms with E-state index in [1.165, 1.54) is 0 Å². The molecule has 0 unspecified atom stereocenters. The van der Waals surface area contributed by atoms with Crippen molar-refractivity contribution in [2.75, 3.05) is 25.1 Å². The van der Waals surface area contributed by atoms with Crippen molar-refractivity contribution in [3.8, 4) is 0 Å². The second kappa shape index (κ2) is 6.99. The first-order chi connectivity index (χ1) is 9.25. The Morgan fingerprint density at radius 1 is 1.16 bits per heavy atom. The summed E-state index contributed by atoms with van der Waals surface area (Å²) in [5.74, 6) is 1.49. The highest BCUT2D eigenvalue weighted by atomic mass is 16.5. The molecule has 5 nitrogen and oxygen atoms in total. The standard InChI is InChI=1S/C14H20N4O/c1-11(2)5-9-19-10-8-16-13-4-3-12-14(18-13)17-7-6-15-12/h3-4,6-7,11H,5,8-10H2,1-2H3,(H,16,17,18). The summed E-state index contributed by atoms with van der Waals surface area (Å²) in [7, 11) is 0. The molecule has 0 radical (unpaired) electrons. The first kappa shape index (κ1) is 13.7. The normalized spacial score (nSPS) is 11.1. The molecule has 102 valence electrons. The molecule has 0 aromatic carbocycles. The highest BCUT2D eigenvalue weighted by Gasteiger charge is 1.99. The van der Waals surface area contributed by atoms with Gasteiger partial charge < -0.3 is 10.1 Å². The number of hydrogen-bond acceptors (Lipinski definition) is 5. The van der Waals surface area contributed by atoms with Gasteiger partial charge in [0.05, 0.1) is 6.61 Å². The van der Waals surface area contributed by atoms with Crippen LogP contribution < -0.4 is 5.32 Å².